The fraction of sp³-hybridized carbons (Fsp3) is 0.778. The average Bonchev–Trinajstić information content (AvgIpc) is 2.00. The van der Waals surface area contributed by atoms with Crippen molar-refractivity contribution in [3.63, 3.8) is 0 Å². The van der Waals surface area contributed by atoms with Gasteiger partial charge in [0.05, 0.1) is 12.4 Å². The minimum Gasteiger partial charge on any atom is -0.465 e. The normalized spacial score (nSPS) is 12.2. The molecule has 0 radical (unpaired) electrons. The Morgan fingerprint density at radius 3 is 2.54 bits per heavy atom. The second-order valence-corrected chi connectivity index (χ2v) is 4.26. The standard InChI is InChI=1S/C9H16O3S/c1-4-12-9(11)6-13-8(3)5-7(2)10/h8H,4-6H2,1-3H3. The molecule has 1 unspecified atom stereocenters. The van der Waals surface area contributed by atoms with E-state index in [2.05, 4.69) is 0 Å². The first-order valence-corrected chi connectivity index (χ1v) is 5.37. The predicted molar refractivity (Wildman–Crippen MR) is 53.9 cm³/mol. The number of ketones is 1. The van der Waals surface area contributed by atoms with E-state index >= 15 is 0 Å². The summed E-state index contributed by atoms with van der Waals surface area (Å²) in [5.41, 5.74) is 0. The van der Waals surface area contributed by atoms with Crippen molar-refractivity contribution in [2.24, 2.45) is 0 Å². The first kappa shape index (κ1) is 12.5. The van der Waals surface area contributed by atoms with Crippen molar-refractivity contribution >= 4 is 23.5 Å². The fourth-order valence-electron chi connectivity index (χ4n) is 0.877. The van der Waals surface area contributed by atoms with Crippen molar-refractivity contribution in [1.82, 2.24) is 0 Å². The molecule has 4 heteroatoms. The van der Waals surface area contributed by atoms with E-state index in [1.165, 1.54) is 11.8 Å². The summed E-state index contributed by atoms with van der Waals surface area (Å²) in [4.78, 5) is 21.6. The van der Waals surface area contributed by atoms with Gasteiger partial charge >= 0.3 is 5.97 Å². The van der Waals surface area contributed by atoms with Crippen LogP contribution in [0.3, 0.4) is 0 Å². The van der Waals surface area contributed by atoms with Gasteiger partial charge in [0.25, 0.3) is 0 Å². The summed E-state index contributed by atoms with van der Waals surface area (Å²) in [6.07, 6.45) is 0.518. The maximum Gasteiger partial charge on any atom is 0.315 e. The molecule has 0 saturated carbocycles. The summed E-state index contributed by atoms with van der Waals surface area (Å²) in [5.74, 6) is 0.286. The summed E-state index contributed by atoms with van der Waals surface area (Å²) in [7, 11) is 0. The SMILES string of the molecule is CCOC(=O)CSC(C)CC(C)=O. The highest BCUT2D eigenvalue weighted by Crippen LogP contribution is 2.14. The van der Waals surface area contributed by atoms with E-state index in [9.17, 15) is 9.59 Å². The average molecular weight is 204 g/mol. The van der Waals surface area contributed by atoms with E-state index in [0.29, 0.717) is 18.8 Å². The van der Waals surface area contributed by atoms with Gasteiger partial charge in [-0.05, 0) is 13.8 Å². The predicted octanol–water partition coefficient (Wildman–Crippen LogP) is 1.65. The Morgan fingerprint density at radius 2 is 2.08 bits per heavy atom. The quantitative estimate of drug-likeness (QED) is 0.617. The number of carbonyl (C=O) groups excluding carboxylic acids is 2. The van der Waals surface area contributed by atoms with Crippen molar-refractivity contribution < 1.29 is 14.3 Å². The monoisotopic (exact) mass is 204 g/mol. The van der Waals surface area contributed by atoms with Gasteiger partial charge < -0.3 is 4.74 Å². The summed E-state index contributed by atoms with van der Waals surface area (Å²) in [6.45, 7) is 5.69. The van der Waals surface area contributed by atoms with Gasteiger partial charge in [0, 0.05) is 11.7 Å². The van der Waals surface area contributed by atoms with Crippen LogP contribution in [0.15, 0.2) is 0 Å². The van der Waals surface area contributed by atoms with Crippen LogP contribution in [-0.4, -0.2) is 29.4 Å². The fourth-order valence-corrected chi connectivity index (χ4v) is 1.73. The van der Waals surface area contributed by atoms with Crippen LogP contribution in [0, 0.1) is 0 Å². The molecule has 3 nitrogen and oxygen atoms in total. The molecule has 0 N–H and O–H groups in total. The molecule has 0 saturated heterocycles. The third-order valence-corrected chi connectivity index (χ3v) is 2.50. The number of thioether (sulfide) groups is 1. The lowest BCUT2D eigenvalue weighted by Gasteiger charge is -2.07. The van der Waals surface area contributed by atoms with Crippen LogP contribution in [0.25, 0.3) is 0 Å². The summed E-state index contributed by atoms with van der Waals surface area (Å²) in [5, 5.41) is 0.196. The Bertz CT molecular complexity index is 180. The van der Waals surface area contributed by atoms with E-state index in [0.717, 1.165) is 0 Å². The highest BCUT2D eigenvalue weighted by molar-refractivity contribution is 8.00. The van der Waals surface area contributed by atoms with Crippen molar-refractivity contribution in [2.45, 2.75) is 32.4 Å². The van der Waals surface area contributed by atoms with E-state index in [1.54, 1.807) is 13.8 Å². The summed E-state index contributed by atoms with van der Waals surface area (Å²) >= 11 is 1.46. The number of hydrogen-bond donors (Lipinski definition) is 0. The number of carbonyl (C=O) groups is 2. The maximum absolute atomic E-state index is 10.9. The van der Waals surface area contributed by atoms with Crippen LogP contribution in [0.4, 0.5) is 0 Å². The first-order valence-electron chi connectivity index (χ1n) is 4.33. The van der Waals surface area contributed by atoms with Gasteiger partial charge in [-0.2, -0.15) is 0 Å². The Kier molecular flexibility index (Phi) is 6.68. The van der Waals surface area contributed by atoms with Gasteiger partial charge in [-0.3, -0.25) is 9.59 Å². The second kappa shape index (κ2) is 6.95. The highest BCUT2D eigenvalue weighted by Gasteiger charge is 2.09. The zero-order valence-corrected chi connectivity index (χ0v) is 9.15. The highest BCUT2D eigenvalue weighted by atomic mass is 32.2. The van der Waals surface area contributed by atoms with Crippen LogP contribution >= 0.6 is 11.8 Å². The van der Waals surface area contributed by atoms with Crippen molar-refractivity contribution in [3.8, 4) is 0 Å². The molecule has 0 aliphatic heterocycles. The van der Waals surface area contributed by atoms with E-state index < -0.39 is 0 Å². The molecule has 0 amide bonds. The van der Waals surface area contributed by atoms with Crippen molar-refractivity contribution in [3.05, 3.63) is 0 Å². The van der Waals surface area contributed by atoms with Crippen LogP contribution in [0.2, 0.25) is 0 Å². The summed E-state index contributed by atoms with van der Waals surface area (Å²) in [6, 6.07) is 0. The van der Waals surface area contributed by atoms with Gasteiger partial charge in [-0.1, -0.05) is 6.92 Å². The molecule has 0 aromatic carbocycles. The van der Waals surface area contributed by atoms with Gasteiger partial charge in [-0.15, -0.1) is 11.8 Å². The molecule has 13 heavy (non-hydrogen) atoms. The minimum atomic E-state index is -0.206. The molecular formula is C9H16O3S. The number of hydrogen-bond acceptors (Lipinski definition) is 4. The van der Waals surface area contributed by atoms with Crippen LogP contribution < -0.4 is 0 Å². The molecule has 0 aliphatic rings. The molecule has 0 bridgehead atoms. The van der Waals surface area contributed by atoms with Gasteiger partial charge in [-0.25, -0.2) is 0 Å². The molecule has 0 aromatic heterocycles. The third kappa shape index (κ3) is 7.84. The lowest BCUT2D eigenvalue weighted by Crippen LogP contribution is -2.11. The van der Waals surface area contributed by atoms with Crippen LogP contribution in [-0.2, 0) is 14.3 Å². The van der Waals surface area contributed by atoms with Crippen LogP contribution in [0.5, 0.6) is 0 Å². The molecule has 0 fully saturated rings. The molecule has 0 rings (SSSR count). The van der Waals surface area contributed by atoms with E-state index in [-0.39, 0.29) is 17.0 Å². The van der Waals surface area contributed by atoms with E-state index in [4.69, 9.17) is 4.74 Å². The smallest absolute Gasteiger partial charge is 0.315 e. The molecule has 1 atom stereocenters. The largest absolute Gasteiger partial charge is 0.465 e. The Balaban J connectivity index is 3.51. The topological polar surface area (TPSA) is 43.4 Å². The number of esters is 1. The Labute approximate surface area is 83.2 Å². The minimum absolute atomic E-state index is 0.156. The first-order chi connectivity index (χ1) is 6.06. The lowest BCUT2D eigenvalue weighted by molar-refractivity contribution is -0.139. The number of Topliss-reactive ketones (excluding diaryl/α,β-unsaturated/α-hetero) is 1. The molecular weight excluding hydrogens is 188 g/mol. The second-order valence-electron chi connectivity index (χ2n) is 2.83. The van der Waals surface area contributed by atoms with Gasteiger partial charge in [0.1, 0.15) is 5.78 Å². The van der Waals surface area contributed by atoms with Gasteiger partial charge in [0.15, 0.2) is 0 Å². The number of ether oxygens (including phenoxy) is 1. The summed E-state index contributed by atoms with van der Waals surface area (Å²) < 4.78 is 4.75. The molecule has 0 aliphatic carbocycles. The molecule has 0 aromatic rings. The maximum atomic E-state index is 10.9. The van der Waals surface area contributed by atoms with Crippen LogP contribution in [0.1, 0.15) is 27.2 Å². The third-order valence-electron chi connectivity index (χ3n) is 1.37. The zero-order valence-electron chi connectivity index (χ0n) is 8.33. The van der Waals surface area contributed by atoms with Gasteiger partial charge in [0.2, 0.25) is 0 Å². The van der Waals surface area contributed by atoms with Crippen molar-refractivity contribution in [1.29, 1.82) is 0 Å². The molecule has 0 heterocycles. The zero-order chi connectivity index (χ0) is 10.3. The van der Waals surface area contributed by atoms with E-state index in [1.807, 2.05) is 6.92 Å². The number of rotatable bonds is 6. The molecule has 76 valence electrons. The van der Waals surface area contributed by atoms with Crippen molar-refractivity contribution in [2.75, 3.05) is 12.4 Å². The lowest BCUT2D eigenvalue weighted by atomic mass is 10.2. The Morgan fingerprint density at radius 1 is 1.46 bits per heavy atom. The molecule has 0 spiro atoms. The Hall–Kier alpha value is -0.510.